The molecule has 80 valence electrons. The van der Waals surface area contributed by atoms with Crippen LogP contribution >= 0.6 is 0 Å². The summed E-state index contributed by atoms with van der Waals surface area (Å²) in [6, 6.07) is -0.00778. The third-order valence-electron chi connectivity index (χ3n) is 3.62. The molecule has 4 N–H and O–H groups in total. The van der Waals surface area contributed by atoms with E-state index in [-0.39, 0.29) is 17.5 Å². The van der Waals surface area contributed by atoms with Crippen molar-refractivity contribution in [2.45, 2.75) is 44.2 Å². The van der Waals surface area contributed by atoms with Gasteiger partial charge in [-0.15, -0.1) is 13.2 Å². The molecule has 0 aromatic rings. The Morgan fingerprint density at radius 1 is 0.929 bits per heavy atom. The fourth-order valence-electron chi connectivity index (χ4n) is 2.57. The van der Waals surface area contributed by atoms with Gasteiger partial charge in [-0.05, 0) is 12.8 Å². The number of hydrogen-bond acceptors (Lipinski definition) is 2. The monoisotopic (exact) mass is 194 g/mol. The fraction of sp³-hybridized carbons (Fsp3) is 0.667. The van der Waals surface area contributed by atoms with Crippen LogP contribution in [-0.4, -0.2) is 12.1 Å². The van der Waals surface area contributed by atoms with E-state index < -0.39 is 0 Å². The normalized spacial score (nSPS) is 25.0. The predicted octanol–water partition coefficient (Wildman–Crippen LogP) is 1.96. The van der Waals surface area contributed by atoms with Crippen molar-refractivity contribution in [1.82, 2.24) is 0 Å². The molecule has 2 nitrogen and oxygen atoms in total. The van der Waals surface area contributed by atoms with Gasteiger partial charge in [0.15, 0.2) is 0 Å². The molecule has 0 bridgehead atoms. The standard InChI is InChI=1S/C12H22N2/c1-3-10(13)12(11(14)4-2)8-6-5-7-9-12/h3-4,10-11H,1-2,5-9,13-14H2. The lowest BCUT2D eigenvalue weighted by Crippen LogP contribution is -2.52. The largest absolute Gasteiger partial charge is 0.324 e. The van der Waals surface area contributed by atoms with E-state index in [1.807, 2.05) is 12.2 Å². The Balaban J connectivity index is 2.86. The van der Waals surface area contributed by atoms with Crippen LogP contribution in [0.1, 0.15) is 32.1 Å². The Morgan fingerprint density at radius 2 is 1.36 bits per heavy atom. The van der Waals surface area contributed by atoms with Crippen molar-refractivity contribution in [2.75, 3.05) is 0 Å². The van der Waals surface area contributed by atoms with Crippen LogP contribution in [0.2, 0.25) is 0 Å². The van der Waals surface area contributed by atoms with Gasteiger partial charge < -0.3 is 11.5 Å². The Hall–Kier alpha value is -0.600. The van der Waals surface area contributed by atoms with Gasteiger partial charge in [-0.25, -0.2) is 0 Å². The molecule has 0 aliphatic heterocycles. The molecule has 1 aliphatic carbocycles. The Kier molecular flexibility index (Phi) is 3.90. The van der Waals surface area contributed by atoms with Crippen molar-refractivity contribution >= 4 is 0 Å². The molecule has 0 radical (unpaired) electrons. The number of hydrogen-bond donors (Lipinski definition) is 2. The van der Waals surface area contributed by atoms with Crippen LogP contribution in [0.3, 0.4) is 0 Å². The van der Waals surface area contributed by atoms with Gasteiger partial charge in [0.25, 0.3) is 0 Å². The van der Waals surface area contributed by atoms with Crippen molar-refractivity contribution in [3.8, 4) is 0 Å². The Morgan fingerprint density at radius 3 is 1.71 bits per heavy atom. The molecule has 1 saturated carbocycles. The first-order valence-electron chi connectivity index (χ1n) is 5.43. The topological polar surface area (TPSA) is 52.0 Å². The van der Waals surface area contributed by atoms with Gasteiger partial charge in [0.2, 0.25) is 0 Å². The number of nitrogens with two attached hydrogens (primary N) is 2. The first-order valence-corrected chi connectivity index (χ1v) is 5.43. The van der Waals surface area contributed by atoms with Gasteiger partial charge in [0, 0.05) is 17.5 Å². The maximum atomic E-state index is 6.11. The van der Waals surface area contributed by atoms with Crippen LogP contribution in [0.4, 0.5) is 0 Å². The molecule has 2 heteroatoms. The molecule has 0 aromatic carbocycles. The molecule has 0 amide bonds. The zero-order valence-electron chi connectivity index (χ0n) is 8.91. The quantitative estimate of drug-likeness (QED) is 0.672. The van der Waals surface area contributed by atoms with E-state index in [4.69, 9.17) is 11.5 Å². The molecule has 2 unspecified atom stereocenters. The van der Waals surface area contributed by atoms with Crippen molar-refractivity contribution in [3.05, 3.63) is 25.3 Å². The number of rotatable bonds is 4. The maximum absolute atomic E-state index is 6.11. The van der Waals surface area contributed by atoms with Gasteiger partial charge in [-0.1, -0.05) is 31.4 Å². The minimum Gasteiger partial charge on any atom is -0.324 e. The highest BCUT2D eigenvalue weighted by Gasteiger charge is 2.40. The van der Waals surface area contributed by atoms with E-state index in [0.29, 0.717) is 0 Å². The summed E-state index contributed by atoms with van der Waals surface area (Å²) in [5, 5.41) is 0. The average molecular weight is 194 g/mol. The molecule has 2 atom stereocenters. The second-order valence-corrected chi connectivity index (χ2v) is 4.32. The maximum Gasteiger partial charge on any atom is 0.0296 e. The van der Waals surface area contributed by atoms with Crippen molar-refractivity contribution in [1.29, 1.82) is 0 Å². The van der Waals surface area contributed by atoms with Gasteiger partial charge in [-0.2, -0.15) is 0 Å². The summed E-state index contributed by atoms with van der Waals surface area (Å²) in [5.41, 5.74) is 12.2. The van der Waals surface area contributed by atoms with E-state index in [1.165, 1.54) is 19.3 Å². The highest BCUT2D eigenvalue weighted by atomic mass is 14.8. The molecule has 0 heterocycles. The lowest BCUT2D eigenvalue weighted by atomic mass is 9.65. The van der Waals surface area contributed by atoms with Crippen LogP contribution in [0, 0.1) is 5.41 Å². The summed E-state index contributed by atoms with van der Waals surface area (Å²) >= 11 is 0. The van der Waals surface area contributed by atoms with E-state index in [0.717, 1.165) is 12.8 Å². The second-order valence-electron chi connectivity index (χ2n) is 4.32. The van der Waals surface area contributed by atoms with Crippen molar-refractivity contribution < 1.29 is 0 Å². The van der Waals surface area contributed by atoms with Gasteiger partial charge >= 0.3 is 0 Å². The molecule has 1 fully saturated rings. The smallest absolute Gasteiger partial charge is 0.0296 e. The highest BCUT2D eigenvalue weighted by Crippen LogP contribution is 2.41. The molecular weight excluding hydrogens is 172 g/mol. The minimum atomic E-state index is -0.00389. The third kappa shape index (κ3) is 1.91. The summed E-state index contributed by atoms with van der Waals surface area (Å²) in [6.07, 6.45) is 9.62. The molecule has 1 aliphatic rings. The second kappa shape index (κ2) is 4.76. The molecule has 0 saturated heterocycles. The minimum absolute atomic E-state index is 0.00389. The lowest BCUT2D eigenvalue weighted by molar-refractivity contribution is 0.146. The molecule has 0 spiro atoms. The van der Waals surface area contributed by atoms with Crippen molar-refractivity contribution in [3.63, 3.8) is 0 Å². The molecule has 1 rings (SSSR count). The third-order valence-corrected chi connectivity index (χ3v) is 3.62. The van der Waals surface area contributed by atoms with Crippen LogP contribution in [-0.2, 0) is 0 Å². The van der Waals surface area contributed by atoms with Gasteiger partial charge in [0.05, 0.1) is 0 Å². The first-order chi connectivity index (χ1) is 6.67. The first kappa shape index (κ1) is 11.5. The lowest BCUT2D eigenvalue weighted by Gasteiger charge is -2.44. The van der Waals surface area contributed by atoms with Gasteiger partial charge in [0.1, 0.15) is 0 Å². The Bertz CT molecular complexity index is 188. The summed E-state index contributed by atoms with van der Waals surface area (Å²) < 4.78 is 0. The SMILES string of the molecule is C=CC(N)C1(C(N)C=C)CCCCC1. The highest BCUT2D eigenvalue weighted by molar-refractivity contribution is 5.09. The van der Waals surface area contributed by atoms with E-state index in [2.05, 4.69) is 13.2 Å². The zero-order valence-corrected chi connectivity index (χ0v) is 8.91. The van der Waals surface area contributed by atoms with Gasteiger partial charge in [-0.3, -0.25) is 0 Å². The molecular formula is C12H22N2. The van der Waals surface area contributed by atoms with Crippen molar-refractivity contribution in [2.24, 2.45) is 16.9 Å². The molecule has 0 aromatic heterocycles. The average Bonchev–Trinajstić information content (AvgIpc) is 2.27. The van der Waals surface area contributed by atoms with E-state index in [9.17, 15) is 0 Å². The van der Waals surface area contributed by atoms with E-state index >= 15 is 0 Å². The summed E-state index contributed by atoms with van der Waals surface area (Å²) in [6.45, 7) is 7.57. The molecule has 14 heavy (non-hydrogen) atoms. The van der Waals surface area contributed by atoms with E-state index in [1.54, 1.807) is 0 Å². The Labute approximate surface area is 87.0 Å². The predicted molar refractivity (Wildman–Crippen MR) is 61.9 cm³/mol. The fourth-order valence-corrected chi connectivity index (χ4v) is 2.57. The van der Waals surface area contributed by atoms with Crippen LogP contribution in [0.5, 0.6) is 0 Å². The summed E-state index contributed by atoms with van der Waals surface area (Å²) in [7, 11) is 0. The summed E-state index contributed by atoms with van der Waals surface area (Å²) in [5.74, 6) is 0. The summed E-state index contributed by atoms with van der Waals surface area (Å²) in [4.78, 5) is 0. The van der Waals surface area contributed by atoms with Crippen LogP contribution < -0.4 is 11.5 Å². The zero-order chi connectivity index (χ0) is 10.6. The van der Waals surface area contributed by atoms with Crippen LogP contribution in [0.25, 0.3) is 0 Å². The van der Waals surface area contributed by atoms with Crippen LogP contribution in [0.15, 0.2) is 25.3 Å².